The Labute approximate surface area is 339 Å². The van der Waals surface area contributed by atoms with Gasteiger partial charge < -0.3 is 9.64 Å². The monoisotopic (exact) mass is 755 g/mol. The van der Waals surface area contributed by atoms with Crippen molar-refractivity contribution in [2.45, 2.75) is 5.41 Å². The summed E-state index contributed by atoms with van der Waals surface area (Å²) in [5, 5.41) is 10.1. The molecule has 2 heterocycles. The first kappa shape index (κ1) is 31.9. The molecule has 0 fully saturated rings. The van der Waals surface area contributed by atoms with Crippen molar-refractivity contribution in [3.8, 4) is 22.6 Å². The fraction of sp³-hybridized carbons (Fsp3) is 0.0182. The van der Waals surface area contributed by atoms with E-state index >= 15 is 0 Å². The summed E-state index contributed by atoms with van der Waals surface area (Å²) in [6, 6.07) is 73.8. The molecule has 13 rings (SSSR count). The van der Waals surface area contributed by atoms with Crippen molar-refractivity contribution in [2.24, 2.45) is 0 Å². The van der Waals surface area contributed by atoms with Gasteiger partial charge in [-0.05, 0) is 91.6 Å². The maximum atomic E-state index is 6.75. The second-order valence-electron chi connectivity index (χ2n) is 15.6. The number of fused-ring (bicyclic) bond motifs is 14. The van der Waals surface area contributed by atoms with Gasteiger partial charge in [0, 0.05) is 48.1 Å². The average Bonchev–Trinajstić information content (AvgIpc) is 3.66. The largest absolute Gasteiger partial charge is 0.457 e. The van der Waals surface area contributed by atoms with E-state index in [0.29, 0.717) is 0 Å². The quantitative estimate of drug-likeness (QED) is 0.178. The Morgan fingerprint density at radius 1 is 0.397 bits per heavy atom. The summed E-state index contributed by atoms with van der Waals surface area (Å²) in [7, 11) is 0. The lowest BCUT2D eigenvalue weighted by Crippen LogP contribution is -2.36. The van der Waals surface area contributed by atoms with Crippen LogP contribution in [0.1, 0.15) is 22.3 Å². The lowest BCUT2D eigenvalue weighted by molar-refractivity contribution is 0.435. The van der Waals surface area contributed by atoms with Crippen LogP contribution in [0.15, 0.2) is 200 Å². The van der Waals surface area contributed by atoms with E-state index in [2.05, 4.69) is 205 Å². The molecule has 0 bridgehead atoms. The number of para-hydroxylation sites is 2. The Morgan fingerprint density at radius 2 is 1.00 bits per heavy atom. The molecule has 0 saturated heterocycles. The van der Waals surface area contributed by atoms with Crippen molar-refractivity contribution in [1.82, 2.24) is 0 Å². The van der Waals surface area contributed by atoms with Crippen molar-refractivity contribution in [3.63, 3.8) is 0 Å². The van der Waals surface area contributed by atoms with Crippen molar-refractivity contribution < 1.29 is 4.74 Å². The van der Waals surface area contributed by atoms with Gasteiger partial charge in [0.15, 0.2) is 0 Å². The van der Waals surface area contributed by atoms with E-state index in [1.807, 2.05) is 11.3 Å². The van der Waals surface area contributed by atoms with E-state index in [1.54, 1.807) is 0 Å². The predicted molar refractivity (Wildman–Crippen MR) is 244 cm³/mol. The van der Waals surface area contributed by atoms with E-state index in [9.17, 15) is 0 Å². The maximum absolute atomic E-state index is 6.75. The Bertz CT molecular complexity index is 3470. The molecule has 2 aliphatic rings. The third-order valence-corrected chi connectivity index (χ3v) is 13.9. The number of rotatable bonds is 3. The van der Waals surface area contributed by atoms with Gasteiger partial charge in [-0.3, -0.25) is 0 Å². The number of ether oxygens (including phenoxy) is 1. The summed E-state index contributed by atoms with van der Waals surface area (Å²) in [5.41, 5.74) is 10.1. The van der Waals surface area contributed by atoms with Crippen molar-refractivity contribution in [1.29, 1.82) is 0 Å². The van der Waals surface area contributed by atoms with Gasteiger partial charge >= 0.3 is 0 Å². The molecule has 0 N–H and O–H groups in total. The highest BCUT2D eigenvalue weighted by Gasteiger charge is 2.49. The molecule has 3 heteroatoms. The molecule has 58 heavy (non-hydrogen) atoms. The van der Waals surface area contributed by atoms with E-state index < -0.39 is 5.41 Å². The number of hydrogen-bond acceptors (Lipinski definition) is 3. The molecule has 270 valence electrons. The zero-order chi connectivity index (χ0) is 38.0. The topological polar surface area (TPSA) is 12.5 Å². The molecule has 0 saturated carbocycles. The van der Waals surface area contributed by atoms with Crippen LogP contribution in [-0.2, 0) is 5.41 Å². The van der Waals surface area contributed by atoms with Gasteiger partial charge in [-0.15, -0.1) is 11.3 Å². The van der Waals surface area contributed by atoms with Gasteiger partial charge in [-0.25, -0.2) is 0 Å². The minimum atomic E-state index is -0.633. The smallest absolute Gasteiger partial charge is 0.132 e. The van der Waals surface area contributed by atoms with E-state index in [4.69, 9.17) is 4.74 Å². The molecule has 0 amide bonds. The van der Waals surface area contributed by atoms with Crippen LogP contribution >= 0.6 is 11.3 Å². The summed E-state index contributed by atoms with van der Waals surface area (Å²) in [5.74, 6) is 1.78. The van der Waals surface area contributed by atoms with E-state index in [0.717, 1.165) is 39.7 Å². The zero-order valence-electron chi connectivity index (χ0n) is 31.3. The van der Waals surface area contributed by atoms with Crippen LogP contribution in [0, 0.1) is 0 Å². The fourth-order valence-electron chi connectivity index (χ4n) is 10.3. The lowest BCUT2D eigenvalue weighted by atomic mass is 9.58. The van der Waals surface area contributed by atoms with Gasteiger partial charge in [0.05, 0.1) is 11.1 Å². The maximum Gasteiger partial charge on any atom is 0.132 e. The average molecular weight is 756 g/mol. The highest BCUT2D eigenvalue weighted by Crippen LogP contribution is 2.62. The Balaban J connectivity index is 1.13. The normalized spacial score (nSPS) is 13.4. The van der Waals surface area contributed by atoms with Crippen LogP contribution in [0.4, 0.5) is 17.1 Å². The van der Waals surface area contributed by atoms with Crippen molar-refractivity contribution in [2.75, 3.05) is 4.90 Å². The highest BCUT2D eigenvalue weighted by atomic mass is 32.1. The lowest BCUT2D eigenvalue weighted by Gasteiger charge is -2.45. The predicted octanol–water partition coefficient (Wildman–Crippen LogP) is 15.5. The molecule has 10 aromatic carbocycles. The first-order valence-corrected chi connectivity index (χ1v) is 20.7. The number of thiophene rings is 1. The van der Waals surface area contributed by atoms with Gasteiger partial charge in [0.25, 0.3) is 0 Å². The molecule has 1 aromatic heterocycles. The van der Waals surface area contributed by atoms with Crippen molar-refractivity contribution in [3.05, 3.63) is 222 Å². The molecule has 1 aliphatic heterocycles. The van der Waals surface area contributed by atoms with E-state index in [1.165, 1.54) is 74.7 Å². The van der Waals surface area contributed by atoms with Crippen LogP contribution in [0.2, 0.25) is 0 Å². The zero-order valence-corrected chi connectivity index (χ0v) is 32.1. The number of anilines is 3. The molecule has 2 nitrogen and oxygen atoms in total. The Morgan fingerprint density at radius 3 is 1.83 bits per heavy atom. The standard InChI is InChI=1S/C55H33NOS/c1-3-17-39-34(12-1)14-11-23-49(39)56(38-28-31-42-44-29-26-35-13-2-4-18-40(35)54(44)58-52(42)33-38)37-27-30-41-43-19-9-15-36-16-10-22-47(53(36)43)55(48(41)32-37)45-20-5-7-24-50(45)57-51-25-8-6-21-46(51)55/h1-33H. The second-order valence-corrected chi connectivity index (χ2v) is 16.6. The molecule has 1 spiro atoms. The highest BCUT2D eigenvalue weighted by molar-refractivity contribution is 7.26. The SMILES string of the molecule is c1ccc2c(c1)Oc1ccccc1C21c2cc(N(c3ccc4c(c3)sc3c5ccccc5ccc43)c3cccc4ccccc34)ccc2-c2cccc3cccc1c23. The minimum absolute atomic E-state index is 0.633. The van der Waals surface area contributed by atoms with Crippen LogP contribution in [0.25, 0.3) is 63.6 Å². The number of hydrogen-bond donors (Lipinski definition) is 0. The summed E-state index contributed by atoms with van der Waals surface area (Å²) in [6.45, 7) is 0. The van der Waals surface area contributed by atoms with Crippen LogP contribution in [-0.4, -0.2) is 0 Å². The van der Waals surface area contributed by atoms with Gasteiger partial charge in [-0.1, -0.05) is 158 Å². The number of nitrogens with zero attached hydrogens (tertiary/aromatic N) is 1. The third kappa shape index (κ3) is 4.26. The summed E-state index contributed by atoms with van der Waals surface area (Å²) < 4.78 is 9.36. The minimum Gasteiger partial charge on any atom is -0.457 e. The Kier molecular flexibility index (Phi) is 6.56. The van der Waals surface area contributed by atoms with Crippen LogP contribution in [0.3, 0.4) is 0 Å². The van der Waals surface area contributed by atoms with Crippen LogP contribution in [0.5, 0.6) is 11.5 Å². The molecule has 0 unspecified atom stereocenters. The van der Waals surface area contributed by atoms with Crippen LogP contribution < -0.4 is 9.64 Å². The van der Waals surface area contributed by atoms with Gasteiger partial charge in [0.2, 0.25) is 0 Å². The summed E-state index contributed by atoms with van der Waals surface area (Å²) in [4.78, 5) is 2.48. The second kappa shape index (κ2) is 11.9. The molecule has 0 atom stereocenters. The third-order valence-electron chi connectivity index (χ3n) is 12.7. The molecular weight excluding hydrogens is 723 g/mol. The first-order valence-electron chi connectivity index (χ1n) is 19.9. The van der Waals surface area contributed by atoms with Gasteiger partial charge in [0.1, 0.15) is 11.5 Å². The Hall–Kier alpha value is -7.20. The molecular formula is C55H33NOS. The van der Waals surface area contributed by atoms with Gasteiger partial charge in [-0.2, -0.15) is 0 Å². The fourth-order valence-corrected chi connectivity index (χ4v) is 11.5. The van der Waals surface area contributed by atoms with E-state index in [-0.39, 0.29) is 0 Å². The first-order chi connectivity index (χ1) is 28.8. The number of benzene rings is 10. The summed E-state index contributed by atoms with van der Waals surface area (Å²) in [6.07, 6.45) is 0. The molecule has 11 aromatic rings. The van der Waals surface area contributed by atoms with Crippen molar-refractivity contribution >= 4 is 80.9 Å². The molecule has 1 aliphatic carbocycles. The molecule has 0 radical (unpaired) electrons. The summed E-state index contributed by atoms with van der Waals surface area (Å²) >= 11 is 1.89.